The fourth-order valence-corrected chi connectivity index (χ4v) is 2.42. The van der Waals surface area contributed by atoms with Gasteiger partial charge in [0.1, 0.15) is 16.3 Å². The summed E-state index contributed by atoms with van der Waals surface area (Å²) in [5.74, 6) is -0.551. The first-order valence-corrected chi connectivity index (χ1v) is 6.70. The summed E-state index contributed by atoms with van der Waals surface area (Å²) < 4.78 is 0. The van der Waals surface area contributed by atoms with E-state index in [1.54, 1.807) is 0 Å². The standard InChI is InChI=1S/C13H8Cl2N2O5/c14-10-4-1-8(2-5-10)12(18)9-3-6-11(15)13(7-9,16(19)20)17(21)22/h1-6H,7H2. The van der Waals surface area contributed by atoms with Crippen molar-refractivity contribution in [2.45, 2.75) is 12.1 Å². The van der Waals surface area contributed by atoms with Gasteiger partial charge in [-0.1, -0.05) is 29.3 Å². The van der Waals surface area contributed by atoms with Crippen molar-refractivity contribution in [3.63, 3.8) is 0 Å². The molecule has 0 saturated heterocycles. The van der Waals surface area contributed by atoms with Gasteiger partial charge in [0.25, 0.3) is 0 Å². The second-order valence-electron chi connectivity index (χ2n) is 4.55. The molecular weight excluding hydrogens is 335 g/mol. The Labute approximate surface area is 134 Å². The predicted octanol–water partition coefficient (Wildman–Crippen LogP) is 3.23. The van der Waals surface area contributed by atoms with Gasteiger partial charge in [-0.2, -0.15) is 0 Å². The van der Waals surface area contributed by atoms with E-state index in [1.807, 2.05) is 0 Å². The molecule has 2 rings (SSSR count). The van der Waals surface area contributed by atoms with Gasteiger partial charge in [0.05, 0.1) is 0 Å². The van der Waals surface area contributed by atoms with Crippen LogP contribution < -0.4 is 0 Å². The van der Waals surface area contributed by atoms with Gasteiger partial charge in [0.2, 0.25) is 0 Å². The maximum atomic E-state index is 12.3. The molecule has 9 heteroatoms. The van der Waals surface area contributed by atoms with Gasteiger partial charge in [-0.3, -0.25) is 25.0 Å². The van der Waals surface area contributed by atoms with Gasteiger partial charge in [0.15, 0.2) is 10.8 Å². The number of hydrogen-bond acceptors (Lipinski definition) is 5. The highest BCUT2D eigenvalue weighted by molar-refractivity contribution is 6.31. The fraction of sp³-hybridized carbons (Fsp3) is 0.154. The smallest absolute Gasteiger partial charge is 0.289 e. The molecule has 0 aromatic heterocycles. The van der Waals surface area contributed by atoms with Gasteiger partial charge in [0, 0.05) is 16.2 Å². The molecule has 1 aliphatic carbocycles. The van der Waals surface area contributed by atoms with Gasteiger partial charge in [-0.25, -0.2) is 0 Å². The molecule has 0 amide bonds. The molecule has 1 aromatic carbocycles. The van der Waals surface area contributed by atoms with Crippen molar-refractivity contribution in [1.29, 1.82) is 0 Å². The second kappa shape index (κ2) is 5.86. The number of benzene rings is 1. The monoisotopic (exact) mass is 342 g/mol. The van der Waals surface area contributed by atoms with E-state index in [0.29, 0.717) is 5.02 Å². The van der Waals surface area contributed by atoms with Crippen molar-refractivity contribution >= 4 is 29.0 Å². The van der Waals surface area contributed by atoms with Crippen LogP contribution in [0.15, 0.2) is 47.0 Å². The Morgan fingerprint density at radius 3 is 2.09 bits per heavy atom. The van der Waals surface area contributed by atoms with Crippen LogP contribution in [0.5, 0.6) is 0 Å². The summed E-state index contributed by atoms with van der Waals surface area (Å²) >= 11 is 11.4. The third-order valence-corrected chi connectivity index (χ3v) is 3.93. The zero-order valence-corrected chi connectivity index (χ0v) is 12.4. The van der Waals surface area contributed by atoms with Crippen LogP contribution in [0.3, 0.4) is 0 Å². The van der Waals surface area contributed by atoms with E-state index >= 15 is 0 Å². The average Bonchev–Trinajstić information content (AvgIpc) is 2.47. The Bertz CT molecular complexity index is 710. The second-order valence-corrected chi connectivity index (χ2v) is 5.39. The van der Waals surface area contributed by atoms with Crippen LogP contribution >= 0.6 is 23.2 Å². The minimum Gasteiger partial charge on any atom is -0.289 e. The SMILES string of the molecule is O=C(C1=CC=C(Cl)C([N+](=O)[O-])([N+](=O)[O-])C1)c1ccc(Cl)cc1. The first-order valence-electron chi connectivity index (χ1n) is 5.95. The number of carbonyl (C=O) groups excluding carboxylic acids is 1. The van der Waals surface area contributed by atoms with Crippen molar-refractivity contribution < 1.29 is 14.6 Å². The van der Waals surface area contributed by atoms with Crippen molar-refractivity contribution in [2.75, 3.05) is 0 Å². The molecule has 1 aliphatic rings. The van der Waals surface area contributed by atoms with Crippen LogP contribution in [0.4, 0.5) is 0 Å². The summed E-state index contributed by atoms with van der Waals surface area (Å²) in [5.41, 5.74) is -2.57. The van der Waals surface area contributed by atoms with Crippen LogP contribution in [-0.4, -0.2) is 21.3 Å². The molecule has 0 N–H and O–H groups in total. The fourth-order valence-electron chi connectivity index (χ4n) is 2.03. The molecule has 0 aliphatic heterocycles. The lowest BCUT2D eigenvalue weighted by Gasteiger charge is -2.20. The molecule has 0 fully saturated rings. The minimum absolute atomic E-state index is 0.0693. The lowest BCUT2D eigenvalue weighted by molar-refractivity contribution is -0.782. The van der Waals surface area contributed by atoms with Crippen LogP contribution in [-0.2, 0) is 0 Å². The van der Waals surface area contributed by atoms with Crippen LogP contribution in [0.2, 0.25) is 5.02 Å². The maximum Gasteiger partial charge on any atom is 0.498 e. The number of Topliss-reactive ketones (excluding diaryl/α,β-unsaturated/α-hetero) is 1. The van der Waals surface area contributed by atoms with Gasteiger partial charge < -0.3 is 0 Å². The van der Waals surface area contributed by atoms with E-state index in [0.717, 1.165) is 6.08 Å². The molecule has 0 bridgehead atoms. The third kappa shape index (κ3) is 2.60. The van der Waals surface area contributed by atoms with Crippen LogP contribution in [0.1, 0.15) is 16.8 Å². The van der Waals surface area contributed by atoms with Crippen molar-refractivity contribution in [2.24, 2.45) is 0 Å². The third-order valence-electron chi connectivity index (χ3n) is 3.25. The van der Waals surface area contributed by atoms with Gasteiger partial charge in [-0.15, -0.1) is 0 Å². The lowest BCUT2D eigenvalue weighted by Crippen LogP contribution is -2.48. The number of nitrogens with zero attached hydrogens (tertiary/aromatic N) is 2. The van der Waals surface area contributed by atoms with E-state index in [2.05, 4.69) is 0 Å². The topological polar surface area (TPSA) is 103 Å². The summed E-state index contributed by atoms with van der Waals surface area (Å²) in [4.78, 5) is 32.5. The van der Waals surface area contributed by atoms with Crippen molar-refractivity contribution in [1.82, 2.24) is 0 Å². The molecule has 0 saturated carbocycles. The molecule has 1 aromatic rings. The largest absolute Gasteiger partial charge is 0.498 e. The first-order chi connectivity index (χ1) is 10.3. The Hall–Kier alpha value is -2.25. The van der Waals surface area contributed by atoms with Crippen molar-refractivity contribution in [3.05, 3.63) is 77.8 Å². The molecule has 22 heavy (non-hydrogen) atoms. The zero-order valence-electron chi connectivity index (χ0n) is 10.9. The summed E-state index contributed by atoms with van der Waals surface area (Å²) in [5, 5.41) is 22.2. The quantitative estimate of drug-likeness (QED) is 0.361. The van der Waals surface area contributed by atoms with Gasteiger partial charge >= 0.3 is 5.66 Å². The molecule has 7 nitrogen and oxygen atoms in total. The zero-order chi connectivity index (χ0) is 16.5. The Kier molecular flexibility index (Phi) is 4.30. The molecule has 0 unspecified atom stereocenters. The highest BCUT2D eigenvalue weighted by Gasteiger charge is 2.61. The van der Waals surface area contributed by atoms with Crippen molar-refractivity contribution in [3.8, 4) is 0 Å². The number of nitro groups is 2. The number of hydrogen-bond donors (Lipinski definition) is 0. The van der Waals surface area contributed by atoms with E-state index in [-0.39, 0.29) is 11.1 Å². The normalized spacial score (nSPS) is 16.5. The highest BCUT2D eigenvalue weighted by atomic mass is 35.5. The first kappa shape index (κ1) is 16.1. The molecule has 0 spiro atoms. The van der Waals surface area contributed by atoms with E-state index in [9.17, 15) is 25.0 Å². The van der Waals surface area contributed by atoms with Crippen LogP contribution in [0.25, 0.3) is 0 Å². The Balaban J connectivity index is 2.42. The number of carbonyl (C=O) groups is 1. The Morgan fingerprint density at radius 1 is 1.05 bits per heavy atom. The molecular formula is C13H8Cl2N2O5. The highest BCUT2D eigenvalue weighted by Crippen LogP contribution is 2.36. The van der Waals surface area contributed by atoms with Crippen LogP contribution in [0, 0.1) is 20.2 Å². The molecule has 114 valence electrons. The summed E-state index contributed by atoms with van der Waals surface area (Å²) in [7, 11) is 0. The minimum atomic E-state index is -2.73. The number of rotatable bonds is 4. The summed E-state index contributed by atoms with van der Waals surface area (Å²) in [6.45, 7) is 0. The van der Waals surface area contributed by atoms with E-state index < -0.39 is 32.7 Å². The van der Waals surface area contributed by atoms with E-state index in [1.165, 1.54) is 30.3 Å². The number of ketones is 1. The maximum absolute atomic E-state index is 12.3. The number of halogens is 2. The van der Waals surface area contributed by atoms with Gasteiger partial charge in [-0.05, 0) is 30.3 Å². The number of allylic oxidation sites excluding steroid dienone is 2. The predicted molar refractivity (Wildman–Crippen MR) is 79.1 cm³/mol. The Morgan fingerprint density at radius 2 is 1.59 bits per heavy atom. The summed E-state index contributed by atoms with van der Waals surface area (Å²) in [6, 6.07) is 5.83. The summed E-state index contributed by atoms with van der Waals surface area (Å²) in [6.07, 6.45) is 1.55. The van der Waals surface area contributed by atoms with E-state index in [4.69, 9.17) is 23.2 Å². The lowest BCUT2D eigenvalue weighted by atomic mass is 9.90. The average molecular weight is 343 g/mol. The molecule has 0 atom stereocenters. The molecule has 0 radical (unpaired) electrons. The molecule has 0 heterocycles.